The number of alkyl halides is 12. The van der Waals surface area contributed by atoms with Crippen LogP contribution in [0.15, 0.2) is 78.9 Å². The molecule has 2 saturated carbocycles. The lowest BCUT2D eigenvalue weighted by atomic mass is 9.77. The first-order valence-electron chi connectivity index (χ1n) is 25.2. The van der Waals surface area contributed by atoms with Gasteiger partial charge in [-0.2, -0.15) is 52.7 Å². The molecule has 8 rings (SSSR count). The van der Waals surface area contributed by atoms with Crippen LogP contribution in [0.3, 0.4) is 0 Å². The number of likely N-dealkylation sites (tertiary alicyclic amines) is 2. The maximum atomic E-state index is 15.3. The smallest absolute Gasteiger partial charge is 0.416 e. The summed E-state index contributed by atoms with van der Waals surface area (Å²) >= 11 is 0. The van der Waals surface area contributed by atoms with Gasteiger partial charge in [0.25, 0.3) is 0 Å². The lowest BCUT2D eigenvalue weighted by molar-refractivity contribution is -0.145. The number of carbonyl (C=O) groups is 2. The van der Waals surface area contributed by atoms with Gasteiger partial charge in [0, 0.05) is 31.5 Å². The van der Waals surface area contributed by atoms with Crippen molar-refractivity contribution in [2.75, 3.05) is 39.4 Å². The van der Waals surface area contributed by atoms with Crippen LogP contribution in [0.2, 0.25) is 0 Å². The Morgan fingerprint density at radius 1 is 0.560 bits per heavy atom. The van der Waals surface area contributed by atoms with Gasteiger partial charge in [-0.05, 0) is 177 Å². The molecule has 408 valence electrons. The molecule has 4 aliphatic rings. The Kier molecular flexibility index (Phi) is 16.5. The number of piperidine rings is 1. The van der Waals surface area contributed by atoms with Gasteiger partial charge in [-0.25, -0.2) is 0 Å². The zero-order valence-corrected chi connectivity index (χ0v) is 40.9. The molecule has 2 aliphatic heterocycles. The van der Waals surface area contributed by atoms with Crippen LogP contribution in [-0.2, 0) is 53.8 Å². The molecule has 0 amide bonds. The van der Waals surface area contributed by atoms with Crippen molar-refractivity contribution in [1.82, 2.24) is 9.80 Å². The minimum Gasteiger partial charge on any atom is -0.493 e. The van der Waals surface area contributed by atoms with Gasteiger partial charge < -0.3 is 19.7 Å². The fraction of sp³-hybridized carbons (Fsp3) is 0.527. The number of halogens is 12. The standard InChI is InChI=1S/C55H58F12N2O6/c1-31(50(70)71)47(34-8-9-34)36-4-2-6-43(23-36)75-30-33-16-19-69(26-33)28-40-22-42(53(59,60)61)20-38(49(40)55(65,66)67)25-45(51(72)73)48(35-10-11-35)37-5-3-7-44(24-37)74-29-32-14-17-68(18-15-32)27-39-21-41(52(56,57)58)12-13-46(39)54(62,63)64/h2-7,12-13,20-24,31-35,45,47-48H,8-11,14-19,25-30H2,1H3,(H,70,71)(H,72,73). The van der Waals surface area contributed by atoms with E-state index in [9.17, 15) is 59.3 Å². The first kappa shape index (κ1) is 55.7. The molecule has 75 heavy (non-hydrogen) atoms. The van der Waals surface area contributed by atoms with Crippen molar-refractivity contribution in [3.05, 3.63) is 129 Å². The number of ether oxygens (including phenoxy) is 2. The molecule has 20 heteroatoms. The van der Waals surface area contributed by atoms with Gasteiger partial charge in [-0.15, -0.1) is 0 Å². The highest BCUT2D eigenvalue weighted by atomic mass is 19.4. The van der Waals surface area contributed by atoms with Crippen LogP contribution in [0, 0.1) is 35.5 Å². The summed E-state index contributed by atoms with van der Waals surface area (Å²) in [5.74, 6) is -5.30. The molecule has 5 unspecified atom stereocenters. The molecule has 2 N–H and O–H groups in total. The molecule has 0 aromatic heterocycles. The van der Waals surface area contributed by atoms with E-state index in [0.717, 1.165) is 18.4 Å². The third-order valence-electron chi connectivity index (χ3n) is 15.4. The van der Waals surface area contributed by atoms with Crippen molar-refractivity contribution in [2.24, 2.45) is 35.5 Å². The molecule has 0 spiro atoms. The highest BCUT2D eigenvalue weighted by Gasteiger charge is 2.46. The number of hydrogen-bond donors (Lipinski definition) is 2. The van der Waals surface area contributed by atoms with Crippen molar-refractivity contribution in [1.29, 1.82) is 0 Å². The van der Waals surface area contributed by atoms with E-state index >= 15 is 13.2 Å². The van der Waals surface area contributed by atoms with Gasteiger partial charge >= 0.3 is 36.6 Å². The maximum Gasteiger partial charge on any atom is 0.416 e. The van der Waals surface area contributed by atoms with Gasteiger partial charge in [0.2, 0.25) is 0 Å². The largest absolute Gasteiger partial charge is 0.493 e. The predicted molar refractivity (Wildman–Crippen MR) is 251 cm³/mol. The summed E-state index contributed by atoms with van der Waals surface area (Å²) in [4.78, 5) is 28.3. The van der Waals surface area contributed by atoms with E-state index in [-0.39, 0.29) is 81.3 Å². The highest BCUT2D eigenvalue weighted by molar-refractivity contribution is 5.73. The molecular formula is C55H58F12N2O6. The molecule has 4 fully saturated rings. The number of rotatable bonds is 20. The van der Waals surface area contributed by atoms with E-state index in [2.05, 4.69) is 0 Å². The second kappa shape index (κ2) is 22.2. The van der Waals surface area contributed by atoms with Gasteiger partial charge in [0.15, 0.2) is 0 Å². The predicted octanol–water partition coefficient (Wildman–Crippen LogP) is 13.6. The van der Waals surface area contributed by atoms with Gasteiger partial charge in [-0.3, -0.25) is 19.4 Å². The van der Waals surface area contributed by atoms with E-state index < -0.39 is 106 Å². The van der Waals surface area contributed by atoms with Crippen molar-refractivity contribution in [3.8, 4) is 11.5 Å². The average molecular weight is 1070 g/mol. The Bertz CT molecular complexity index is 2650. The SMILES string of the molecule is CC(C(=O)O)C(c1cccc(OCC2CCN(Cc3cc(C(F)(F)F)cc(CC(C(=O)O)C(c4cccc(OCC5CCN(Cc6cc(C(F)(F)F)ccc6C(F)(F)F)CC5)c4)C4CC4)c3C(F)(F)F)C2)c1)C1CC1. The molecule has 4 aromatic carbocycles. The first-order valence-corrected chi connectivity index (χ1v) is 25.2. The van der Waals surface area contributed by atoms with Gasteiger partial charge in [0.05, 0.1) is 47.3 Å². The summed E-state index contributed by atoms with van der Waals surface area (Å²) in [7, 11) is 0. The van der Waals surface area contributed by atoms with Crippen LogP contribution in [0.25, 0.3) is 0 Å². The number of nitrogens with zero attached hydrogens (tertiary/aromatic N) is 2. The van der Waals surface area contributed by atoms with Gasteiger partial charge in [-0.1, -0.05) is 31.2 Å². The van der Waals surface area contributed by atoms with Gasteiger partial charge in [0.1, 0.15) is 11.5 Å². The molecular weight excluding hydrogens is 1010 g/mol. The zero-order valence-electron chi connectivity index (χ0n) is 40.9. The van der Waals surface area contributed by atoms with Crippen LogP contribution >= 0.6 is 0 Å². The van der Waals surface area contributed by atoms with Crippen LogP contribution in [0.1, 0.15) is 114 Å². The second-order valence-electron chi connectivity index (χ2n) is 20.9. The fourth-order valence-corrected chi connectivity index (χ4v) is 11.3. The molecule has 2 heterocycles. The second-order valence-corrected chi connectivity index (χ2v) is 20.9. The third-order valence-corrected chi connectivity index (χ3v) is 15.4. The van der Waals surface area contributed by atoms with E-state index in [0.29, 0.717) is 73.7 Å². The van der Waals surface area contributed by atoms with Crippen molar-refractivity contribution in [3.63, 3.8) is 0 Å². The Hall–Kier alpha value is -5.50. The monoisotopic (exact) mass is 1070 g/mol. The number of benzene rings is 4. The first-order chi connectivity index (χ1) is 35.2. The van der Waals surface area contributed by atoms with E-state index in [1.807, 2.05) is 6.07 Å². The molecule has 2 saturated heterocycles. The lowest BCUT2D eigenvalue weighted by Crippen LogP contribution is -2.35. The summed E-state index contributed by atoms with van der Waals surface area (Å²) in [6.45, 7) is 2.06. The summed E-state index contributed by atoms with van der Waals surface area (Å²) in [6, 6.07) is 15.8. The normalized spacial score (nSPS) is 20.1. The summed E-state index contributed by atoms with van der Waals surface area (Å²) < 4.78 is 183. The molecule has 4 aromatic rings. The average Bonchev–Trinajstić information content (AvgIpc) is 4.28. The Balaban J connectivity index is 0.943. The lowest BCUT2D eigenvalue weighted by Gasteiger charge is -2.32. The number of hydrogen-bond acceptors (Lipinski definition) is 6. The summed E-state index contributed by atoms with van der Waals surface area (Å²) in [5, 5.41) is 20.4. The molecule has 0 radical (unpaired) electrons. The topological polar surface area (TPSA) is 99.5 Å². The van der Waals surface area contributed by atoms with Crippen LogP contribution in [-0.4, -0.2) is 71.3 Å². The molecule has 2 aliphatic carbocycles. The molecule has 0 bridgehead atoms. The van der Waals surface area contributed by atoms with Crippen molar-refractivity contribution < 1.29 is 82.0 Å². The number of carboxylic acids is 2. The van der Waals surface area contributed by atoms with Crippen LogP contribution < -0.4 is 9.47 Å². The van der Waals surface area contributed by atoms with Crippen LogP contribution in [0.5, 0.6) is 11.5 Å². The Morgan fingerprint density at radius 2 is 1.07 bits per heavy atom. The molecule has 8 nitrogen and oxygen atoms in total. The minimum absolute atomic E-state index is 0.113. The van der Waals surface area contributed by atoms with E-state index in [1.54, 1.807) is 59.2 Å². The summed E-state index contributed by atoms with van der Waals surface area (Å²) in [6.07, 6.45) is -16.6. The third kappa shape index (κ3) is 14.1. The highest BCUT2D eigenvalue weighted by Crippen LogP contribution is 2.51. The zero-order chi connectivity index (χ0) is 54.2. The Labute approximate surface area is 426 Å². The van der Waals surface area contributed by atoms with Crippen molar-refractivity contribution >= 4 is 11.9 Å². The number of carboxylic acid groups (broad SMARTS) is 2. The quantitative estimate of drug-likeness (QED) is 0.0845. The minimum atomic E-state index is -5.16. The molecule has 5 atom stereocenters. The van der Waals surface area contributed by atoms with Crippen molar-refractivity contribution in [2.45, 2.75) is 108 Å². The van der Waals surface area contributed by atoms with Crippen LogP contribution in [0.4, 0.5) is 52.7 Å². The maximum absolute atomic E-state index is 15.3. The summed E-state index contributed by atoms with van der Waals surface area (Å²) in [5.41, 5.74) is -5.66. The number of aliphatic carboxylic acids is 2. The fourth-order valence-electron chi connectivity index (χ4n) is 11.3. The van der Waals surface area contributed by atoms with E-state index in [4.69, 9.17) is 9.47 Å². The Morgan fingerprint density at radius 3 is 1.60 bits per heavy atom. The van der Waals surface area contributed by atoms with E-state index in [1.165, 1.54) is 0 Å².